The Morgan fingerprint density at radius 1 is 1.24 bits per heavy atom. The highest BCUT2D eigenvalue weighted by atomic mass is 19.1. The minimum absolute atomic E-state index is 0.332. The van der Waals surface area contributed by atoms with Crippen molar-refractivity contribution in [2.24, 2.45) is 0 Å². The molecule has 2 rings (SSSR count). The van der Waals surface area contributed by atoms with Gasteiger partial charge in [-0.2, -0.15) is 0 Å². The molecule has 0 aliphatic rings. The van der Waals surface area contributed by atoms with Crippen LogP contribution >= 0.6 is 0 Å². The summed E-state index contributed by atoms with van der Waals surface area (Å²) in [4.78, 5) is 11.7. The average molecular weight is 343 g/mol. The van der Waals surface area contributed by atoms with Crippen molar-refractivity contribution in [3.05, 3.63) is 54.9 Å². The van der Waals surface area contributed by atoms with Crippen molar-refractivity contribution in [2.75, 3.05) is 19.0 Å². The average Bonchev–Trinajstić information content (AvgIpc) is 2.62. The predicted molar refractivity (Wildman–Crippen MR) is 97.6 cm³/mol. The van der Waals surface area contributed by atoms with Gasteiger partial charge in [0.15, 0.2) is 0 Å². The number of halogens is 1. The zero-order valence-electron chi connectivity index (χ0n) is 14.5. The molecule has 0 radical (unpaired) electrons. The van der Waals surface area contributed by atoms with Crippen LogP contribution in [0.5, 0.6) is 11.5 Å². The maximum Gasteiger partial charge on any atom is 0.247 e. The third-order valence-corrected chi connectivity index (χ3v) is 3.66. The van der Waals surface area contributed by atoms with Crippen molar-refractivity contribution in [2.45, 2.75) is 19.8 Å². The number of rotatable bonds is 8. The number of hydrogen-bond donors (Lipinski definition) is 1. The second-order valence-corrected chi connectivity index (χ2v) is 5.45. The summed E-state index contributed by atoms with van der Waals surface area (Å²) < 4.78 is 24.7. The maximum absolute atomic E-state index is 13.7. The monoisotopic (exact) mass is 343 g/mol. The lowest BCUT2D eigenvalue weighted by Gasteiger charge is -2.16. The van der Waals surface area contributed by atoms with Gasteiger partial charge in [0.1, 0.15) is 17.3 Å². The summed E-state index contributed by atoms with van der Waals surface area (Å²) in [6.45, 7) is 6.01. The maximum atomic E-state index is 13.7. The van der Waals surface area contributed by atoms with Crippen LogP contribution in [0.2, 0.25) is 0 Å². The molecule has 0 bridgehead atoms. The van der Waals surface area contributed by atoms with E-state index >= 15 is 0 Å². The summed E-state index contributed by atoms with van der Waals surface area (Å²) in [7, 11) is 1.56. The zero-order valence-corrected chi connectivity index (χ0v) is 14.5. The van der Waals surface area contributed by atoms with Gasteiger partial charge in [0, 0.05) is 22.9 Å². The Hall–Kier alpha value is -2.82. The summed E-state index contributed by atoms with van der Waals surface area (Å²) in [5.41, 5.74) is 1.93. The molecule has 0 aliphatic carbocycles. The SMILES string of the molecule is C=CC(=O)Nc1ccc(OC)cc1-c1ccc(F)cc1OCCCC. The molecule has 0 spiro atoms. The van der Waals surface area contributed by atoms with Gasteiger partial charge in [-0.15, -0.1) is 0 Å². The van der Waals surface area contributed by atoms with Crippen LogP contribution in [0.15, 0.2) is 49.1 Å². The number of carbonyl (C=O) groups excluding carboxylic acids is 1. The Kier molecular flexibility index (Phi) is 6.57. The highest BCUT2D eigenvalue weighted by Gasteiger charge is 2.14. The highest BCUT2D eigenvalue weighted by molar-refractivity contribution is 6.02. The van der Waals surface area contributed by atoms with Gasteiger partial charge in [0.05, 0.1) is 13.7 Å². The van der Waals surface area contributed by atoms with Crippen LogP contribution in [0, 0.1) is 5.82 Å². The van der Waals surface area contributed by atoms with Crippen LogP contribution < -0.4 is 14.8 Å². The molecule has 0 aliphatic heterocycles. The molecule has 1 amide bonds. The van der Waals surface area contributed by atoms with Crippen LogP contribution in [0.1, 0.15) is 19.8 Å². The first kappa shape index (κ1) is 18.5. The van der Waals surface area contributed by atoms with Crippen LogP contribution in [0.25, 0.3) is 11.1 Å². The zero-order chi connectivity index (χ0) is 18.2. The van der Waals surface area contributed by atoms with E-state index in [1.165, 1.54) is 18.2 Å². The van der Waals surface area contributed by atoms with E-state index in [9.17, 15) is 9.18 Å². The van der Waals surface area contributed by atoms with Crippen molar-refractivity contribution < 1.29 is 18.7 Å². The van der Waals surface area contributed by atoms with Crippen LogP contribution in [0.3, 0.4) is 0 Å². The first-order valence-electron chi connectivity index (χ1n) is 8.13. The van der Waals surface area contributed by atoms with E-state index in [0.717, 1.165) is 12.8 Å². The number of unbranched alkanes of at least 4 members (excludes halogenated alkanes) is 1. The van der Waals surface area contributed by atoms with E-state index in [4.69, 9.17) is 9.47 Å². The van der Waals surface area contributed by atoms with Crippen molar-refractivity contribution in [3.63, 3.8) is 0 Å². The number of amides is 1. The fourth-order valence-electron chi connectivity index (χ4n) is 2.33. The smallest absolute Gasteiger partial charge is 0.247 e. The molecule has 0 atom stereocenters. The molecule has 4 nitrogen and oxygen atoms in total. The summed E-state index contributed by atoms with van der Waals surface area (Å²) in [6.07, 6.45) is 3.04. The Labute approximate surface area is 147 Å². The van der Waals surface area contributed by atoms with Crippen molar-refractivity contribution in [1.29, 1.82) is 0 Å². The lowest BCUT2D eigenvalue weighted by molar-refractivity contribution is -0.111. The minimum atomic E-state index is -0.380. The van der Waals surface area contributed by atoms with Crippen LogP contribution in [0.4, 0.5) is 10.1 Å². The number of nitrogens with one attached hydrogen (secondary N) is 1. The third kappa shape index (κ3) is 4.83. The lowest BCUT2D eigenvalue weighted by atomic mass is 10.0. The molecule has 0 saturated carbocycles. The second-order valence-electron chi connectivity index (χ2n) is 5.45. The van der Waals surface area contributed by atoms with Crippen molar-refractivity contribution in [3.8, 4) is 22.6 Å². The normalized spacial score (nSPS) is 10.2. The van der Waals surface area contributed by atoms with Gasteiger partial charge in [0.25, 0.3) is 0 Å². The van der Waals surface area contributed by atoms with E-state index in [1.54, 1.807) is 31.4 Å². The fourth-order valence-corrected chi connectivity index (χ4v) is 2.33. The van der Waals surface area contributed by atoms with Gasteiger partial charge in [-0.1, -0.05) is 19.9 Å². The summed E-state index contributed by atoms with van der Waals surface area (Å²) in [5.74, 6) is 0.336. The Balaban J connectivity index is 2.51. The fraction of sp³-hybridized carbons (Fsp3) is 0.250. The first-order valence-corrected chi connectivity index (χ1v) is 8.13. The summed E-state index contributed by atoms with van der Waals surface area (Å²) in [6, 6.07) is 9.59. The van der Waals surface area contributed by atoms with Crippen LogP contribution in [-0.2, 0) is 4.79 Å². The number of ether oxygens (including phenoxy) is 2. The molecule has 2 aromatic carbocycles. The van der Waals surface area contributed by atoms with E-state index < -0.39 is 0 Å². The topological polar surface area (TPSA) is 47.6 Å². The van der Waals surface area contributed by atoms with Gasteiger partial charge >= 0.3 is 0 Å². The second kappa shape index (κ2) is 8.87. The minimum Gasteiger partial charge on any atom is -0.497 e. The van der Waals surface area contributed by atoms with Gasteiger partial charge in [-0.25, -0.2) is 4.39 Å². The Morgan fingerprint density at radius 3 is 2.72 bits per heavy atom. The van der Waals surface area contributed by atoms with Crippen molar-refractivity contribution >= 4 is 11.6 Å². The molecule has 0 fully saturated rings. The van der Waals surface area contributed by atoms with Crippen LogP contribution in [-0.4, -0.2) is 19.6 Å². The van der Waals surface area contributed by atoms with Gasteiger partial charge in [-0.3, -0.25) is 4.79 Å². The Bertz CT molecular complexity index is 759. The van der Waals surface area contributed by atoms with E-state index in [0.29, 0.717) is 34.9 Å². The standard InChI is InChI=1S/C20H22FNO3/c1-4-6-11-25-19-12-14(21)7-9-16(19)17-13-15(24-3)8-10-18(17)22-20(23)5-2/h5,7-10,12-13H,2,4,6,11H2,1,3H3,(H,22,23). The van der Waals surface area contributed by atoms with E-state index in [-0.39, 0.29) is 11.7 Å². The summed E-state index contributed by atoms with van der Waals surface area (Å²) >= 11 is 0. The molecule has 0 saturated heterocycles. The van der Waals surface area contributed by atoms with E-state index in [2.05, 4.69) is 18.8 Å². The van der Waals surface area contributed by atoms with Gasteiger partial charge in [0.2, 0.25) is 5.91 Å². The van der Waals surface area contributed by atoms with Gasteiger partial charge < -0.3 is 14.8 Å². The van der Waals surface area contributed by atoms with Crippen molar-refractivity contribution in [1.82, 2.24) is 0 Å². The molecular formula is C20H22FNO3. The lowest BCUT2D eigenvalue weighted by Crippen LogP contribution is -2.09. The van der Waals surface area contributed by atoms with E-state index in [1.807, 2.05) is 0 Å². The predicted octanol–water partition coefficient (Wildman–Crippen LogP) is 4.80. The number of hydrogen-bond acceptors (Lipinski definition) is 3. The number of methoxy groups -OCH3 is 1. The molecule has 0 unspecified atom stereocenters. The largest absolute Gasteiger partial charge is 0.497 e. The number of benzene rings is 2. The molecular weight excluding hydrogens is 321 g/mol. The third-order valence-electron chi connectivity index (χ3n) is 3.66. The highest BCUT2D eigenvalue weighted by Crippen LogP contribution is 2.38. The quantitative estimate of drug-likeness (QED) is 0.553. The first-order chi connectivity index (χ1) is 12.1. The number of anilines is 1. The van der Waals surface area contributed by atoms with Gasteiger partial charge in [-0.05, 0) is 42.8 Å². The molecule has 5 heteroatoms. The molecule has 0 aromatic heterocycles. The molecule has 132 valence electrons. The number of carbonyl (C=O) groups is 1. The molecule has 2 aromatic rings. The molecule has 1 N–H and O–H groups in total. The molecule has 25 heavy (non-hydrogen) atoms. The molecule has 0 heterocycles. The summed E-state index contributed by atoms with van der Waals surface area (Å²) in [5, 5.41) is 2.76. The Morgan fingerprint density at radius 2 is 2.04 bits per heavy atom.